The maximum Gasteiger partial charge on any atom is 0.325 e. The number of aliphatic hydroxyl groups is 1. The molecule has 0 saturated carbocycles. The summed E-state index contributed by atoms with van der Waals surface area (Å²) in [5.41, 5.74) is 5.15. The predicted octanol–water partition coefficient (Wildman–Crippen LogP) is -0.711. The number of hydrogen-bond acceptors (Lipinski definition) is 4. The van der Waals surface area contributed by atoms with Crippen molar-refractivity contribution in [3.8, 4) is 0 Å². The fraction of sp³-hybridized carbons (Fsp3) is 0.800. The van der Waals surface area contributed by atoms with Gasteiger partial charge in [0.1, 0.15) is 6.04 Å². The summed E-state index contributed by atoms with van der Waals surface area (Å²) >= 11 is 0. The molecular weight excluding hydrogens is 158 g/mol. The van der Waals surface area contributed by atoms with Crippen LogP contribution in [0.2, 0.25) is 0 Å². The van der Waals surface area contributed by atoms with Crippen molar-refractivity contribution in [2.75, 3.05) is 7.11 Å². The lowest BCUT2D eigenvalue weighted by molar-refractivity contribution is -0.144. The molecule has 0 radical (unpaired) electrons. The van der Waals surface area contributed by atoms with Crippen molar-refractivity contribution in [3.05, 3.63) is 0 Å². The number of carbonyl (C=O) groups is 1. The largest absolute Gasteiger partial charge is 0.468 e. The second kappa shape index (κ2) is 5.46. The Labute approximate surface area is 65.8 Å². The van der Waals surface area contributed by atoms with Crippen LogP contribution in [0.5, 0.6) is 0 Å². The van der Waals surface area contributed by atoms with E-state index in [1.807, 2.05) is 0 Å². The first-order valence-corrected chi connectivity index (χ1v) is 2.61. The minimum Gasteiger partial charge on any atom is -0.468 e. The van der Waals surface area contributed by atoms with Crippen molar-refractivity contribution >= 4 is 18.4 Å². The Balaban J connectivity index is 0. The number of nitrogens with two attached hydrogens (primary N) is 1. The molecule has 0 bridgehead atoms. The van der Waals surface area contributed by atoms with Gasteiger partial charge in [0.15, 0.2) is 0 Å². The molecule has 0 aliphatic carbocycles. The highest BCUT2D eigenvalue weighted by atomic mass is 35.5. The summed E-state index contributed by atoms with van der Waals surface area (Å²) < 4.78 is 4.25. The molecule has 3 N–H and O–H groups in total. The second-order valence-corrected chi connectivity index (χ2v) is 1.79. The minimum absolute atomic E-state index is 0. The zero-order chi connectivity index (χ0) is 7.44. The summed E-state index contributed by atoms with van der Waals surface area (Å²) in [6, 6.07) is -0.921. The number of esters is 1. The van der Waals surface area contributed by atoms with Crippen molar-refractivity contribution in [3.63, 3.8) is 0 Å². The first-order chi connectivity index (χ1) is 4.09. The van der Waals surface area contributed by atoms with Crippen LogP contribution in [-0.4, -0.2) is 30.3 Å². The molecule has 0 fully saturated rings. The maximum absolute atomic E-state index is 10.4. The molecule has 0 aromatic carbocycles. The number of carbonyl (C=O) groups excluding carboxylic acids is 1. The third-order valence-electron chi connectivity index (χ3n) is 0.993. The van der Waals surface area contributed by atoms with Crippen molar-refractivity contribution < 1.29 is 14.6 Å². The standard InChI is InChI=1S/C5H11NO3.ClH/c1-3(7)4(6)5(8)9-2;/h3-4,7H,6H2,1-2H3;1H/t3-,4-;/m1./s1. The van der Waals surface area contributed by atoms with Crippen LogP contribution in [0.3, 0.4) is 0 Å². The Morgan fingerprint density at radius 2 is 2.10 bits per heavy atom. The summed E-state index contributed by atoms with van der Waals surface area (Å²) in [5, 5.41) is 8.70. The van der Waals surface area contributed by atoms with E-state index in [1.54, 1.807) is 0 Å². The van der Waals surface area contributed by atoms with Gasteiger partial charge >= 0.3 is 5.97 Å². The number of rotatable bonds is 2. The Morgan fingerprint density at radius 1 is 1.70 bits per heavy atom. The van der Waals surface area contributed by atoms with E-state index in [2.05, 4.69) is 4.74 Å². The number of ether oxygens (including phenoxy) is 1. The Kier molecular flexibility index (Phi) is 6.76. The number of hydrogen-bond donors (Lipinski definition) is 2. The highest BCUT2D eigenvalue weighted by Gasteiger charge is 2.18. The Bertz CT molecular complexity index is 107. The lowest BCUT2D eigenvalue weighted by Crippen LogP contribution is -2.40. The quantitative estimate of drug-likeness (QED) is 0.536. The fourth-order valence-corrected chi connectivity index (χ4v) is 0.333. The van der Waals surface area contributed by atoms with Crippen LogP contribution in [-0.2, 0) is 9.53 Å². The SMILES string of the molecule is COC(=O)[C@H](N)[C@@H](C)O.Cl. The molecule has 62 valence electrons. The molecule has 0 saturated heterocycles. The van der Waals surface area contributed by atoms with E-state index < -0.39 is 18.1 Å². The maximum atomic E-state index is 10.4. The number of halogens is 1. The summed E-state index contributed by atoms with van der Waals surface area (Å²) in [4.78, 5) is 10.4. The molecule has 0 amide bonds. The Hall–Kier alpha value is -0.320. The van der Waals surface area contributed by atoms with Gasteiger partial charge in [0.25, 0.3) is 0 Å². The molecule has 10 heavy (non-hydrogen) atoms. The molecule has 0 aromatic rings. The van der Waals surface area contributed by atoms with Gasteiger partial charge in [-0.15, -0.1) is 12.4 Å². The third kappa shape index (κ3) is 3.66. The average Bonchev–Trinajstić information content (AvgIpc) is 1.84. The normalized spacial score (nSPS) is 14.8. The Morgan fingerprint density at radius 3 is 2.20 bits per heavy atom. The first-order valence-electron chi connectivity index (χ1n) is 2.61. The topological polar surface area (TPSA) is 72.5 Å². The summed E-state index contributed by atoms with van der Waals surface area (Å²) in [6.07, 6.45) is -0.850. The summed E-state index contributed by atoms with van der Waals surface area (Å²) in [7, 11) is 1.23. The molecule has 0 aliphatic rings. The molecule has 0 spiro atoms. The van der Waals surface area contributed by atoms with Gasteiger partial charge < -0.3 is 15.6 Å². The van der Waals surface area contributed by atoms with Gasteiger partial charge in [-0.25, -0.2) is 0 Å². The summed E-state index contributed by atoms with van der Waals surface area (Å²) in [5.74, 6) is -0.593. The molecule has 0 rings (SSSR count). The van der Waals surface area contributed by atoms with Crippen LogP contribution in [0.25, 0.3) is 0 Å². The third-order valence-corrected chi connectivity index (χ3v) is 0.993. The van der Waals surface area contributed by atoms with Crippen molar-refractivity contribution in [1.29, 1.82) is 0 Å². The van der Waals surface area contributed by atoms with Gasteiger partial charge in [-0.05, 0) is 6.92 Å². The van der Waals surface area contributed by atoms with Crippen molar-refractivity contribution in [2.45, 2.75) is 19.1 Å². The van der Waals surface area contributed by atoms with Gasteiger partial charge in [0.2, 0.25) is 0 Å². The second-order valence-electron chi connectivity index (χ2n) is 1.79. The van der Waals surface area contributed by atoms with Gasteiger partial charge in [-0.2, -0.15) is 0 Å². The lowest BCUT2D eigenvalue weighted by atomic mass is 10.2. The van der Waals surface area contributed by atoms with Crippen LogP contribution in [0.15, 0.2) is 0 Å². The molecule has 0 aliphatic heterocycles. The number of aliphatic hydroxyl groups excluding tert-OH is 1. The zero-order valence-corrected chi connectivity index (χ0v) is 6.72. The van der Waals surface area contributed by atoms with E-state index in [0.29, 0.717) is 0 Å². The highest BCUT2D eigenvalue weighted by molar-refractivity contribution is 5.85. The molecule has 5 heteroatoms. The van der Waals surface area contributed by atoms with Crippen molar-refractivity contribution in [1.82, 2.24) is 0 Å². The molecule has 0 unspecified atom stereocenters. The van der Waals surface area contributed by atoms with E-state index in [0.717, 1.165) is 0 Å². The van der Waals surface area contributed by atoms with Crippen LogP contribution in [0.4, 0.5) is 0 Å². The molecule has 2 atom stereocenters. The van der Waals surface area contributed by atoms with Crippen molar-refractivity contribution in [2.24, 2.45) is 5.73 Å². The highest BCUT2D eigenvalue weighted by Crippen LogP contribution is 1.89. The monoisotopic (exact) mass is 169 g/mol. The first kappa shape index (κ1) is 12.4. The average molecular weight is 170 g/mol. The molecule has 4 nitrogen and oxygen atoms in total. The smallest absolute Gasteiger partial charge is 0.325 e. The van der Waals surface area contributed by atoms with E-state index >= 15 is 0 Å². The van der Waals surface area contributed by atoms with Crippen LogP contribution >= 0.6 is 12.4 Å². The van der Waals surface area contributed by atoms with Gasteiger partial charge in [-0.3, -0.25) is 4.79 Å². The van der Waals surface area contributed by atoms with E-state index in [4.69, 9.17) is 10.8 Å². The zero-order valence-electron chi connectivity index (χ0n) is 5.90. The fourth-order valence-electron chi connectivity index (χ4n) is 0.333. The van der Waals surface area contributed by atoms with Crippen LogP contribution in [0.1, 0.15) is 6.92 Å². The van der Waals surface area contributed by atoms with Crippen LogP contribution in [0, 0.1) is 0 Å². The van der Waals surface area contributed by atoms with E-state index in [9.17, 15) is 4.79 Å². The van der Waals surface area contributed by atoms with E-state index in [1.165, 1.54) is 14.0 Å². The van der Waals surface area contributed by atoms with Gasteiger partial charge in [0, 0.05) is 0 Å². The van der Waals surface area contributed by atoms with E-state index in [-0.39, 0.29) is 12.4 Å². The lowest BCUT2D eigenvalue weighted by Gasteiger charge is -2.10. The number of methoxy groups -OCH3 is 1. The molecule has 0 aromatic heterocycles. The van der Waals surface area contributed by atoms with Gasteiger partial charge in [0.05, 0.1) is 13.2 Å². The van der Waals surface area contributed by atoms with Crippen LogP contribution < -0.4 is 5.73 Å². The molecular formula is C5H12ClNO3. The predicted molar refractivity (Wildman–Crippen MR) is 38.9 cm³/mol. The van der Waals surface area contributed by atoms with Gasteiger partial charge in [-0.1, -0.05) is 0 Å². The summed E-state index contributed by atoms with van der Waals surface area (Å²) in [6.45, 7) is 1.43. The minimum atomic E-state index is -0.921. The molecule has 0 heterocycles.